The maximum Gasteiger partial charge on any atom is 0.164 e. The van der Waals surface area contributed by atoms with Gasteiger partial charge in [0.2, 0.25) is 0 Å². The van der Waals surface area contributed by atoms with Crippen LogP contribution in [0, 0.1) is 17.1 Å². The fraction of sp³-hybridized carbons (Fsp3) is 0.182. The van der Waals surface area contributed by atoms with Crippen LogP contribution in [-0.4, -0.2) is 14.8 Å². The van der Waals surface area contributed by atoms with Crippen LogP contribution >= 0.6 is 0 Å². The summed E-state index contributed by atoms with van der Waals surface area (Å²) in [6.07, 6.45) is 1.41. The summed E-state index contributed by atoms with van der Waals surface area (Å²) in [5.41, 5.74) is -0.00370. The lowest BCUT2D eigenvalue weighted by Crippen LogP contribution is -2.04. The predicted octanol–water partition coefficient (Wildman–Crippen LogP) is 1.40. The zero-order valence-corrected chi connectivity index (χ0v) is 9.09. The van der Waals surface area contributed by atoms with E-state index < -0.39 is 5.82 Å². The van der Waals surface area contributed by atoms with Crippen molar-refractivity contribution >= 4 is 0 Å². The molecule has 1 aromatic carbocycles. The Hall–Kier alpha value is -2.42. The second-order valence-corrected chi connectivity index (χ2v) is 3.34. The Bertz CT molecular complexity index is 573. The summed E-state index contributed by atoms with van der Waals surface area (Å²) < 4.78 is 20.2. The molecule has 0 aliphatic heterocycles. The van der Waals surface area contributed by atoms with E-state index in [0.717, 1.165) is 0 Å². The van der Waals surface area contributed by atoms with Gasteiger partial charge >= 0.3 is 0 Å². The Labute approximate surface area is 97.1 Å². The highest BCUT2D eigenvalue weighted by Crippen LogP contribution is 2.16. The van der Waals surface area contributed by atoms with Gasteiger partial charge in [-0.25, -0.2) is 9.37 Å². The standard InChI is InChI=1S/C11H9FN4O/c1-16-11(14-7-15-16)6-17-9-3-2-8(5-13)10(12)4-9/h2-4,7H,6H2,1H3. The van der Waals surface area contributed by atoms with Gasteiger partial charge in [-0.15, -0.1) is 0 Å². The van der Waals surface area contributed by atoms with Crippen molar-refractivity contribution in [1.29, 1.82) is 5.26 Å². The van der Waals surface area contributed by atoms with E-state index in [-0.39, 0.29) is 12.2 Å². The summed E-state index contributed by atoms with van der Waals surface area (Å²) >= 11 is 0. The average molecular weight is 232 g/mol. The number of aryl methyl sites for hydroxylation is 1. The van der Waals surface area contributed by atoms with E-state index >= 15 is 0 Å². The molecule has 0 N–H and O–H groups in total. The molecule has 5 nitrogen and oxygen atoms in total. The minimum absolute atomic E-state index is 0.00370. The molecule has 0 aliphatic carbocycles. The quantitative estimate of drug-likeness (QED) is 0.802. The van der Waals surface area contributed by atoms with Crippen LogP contribution in [-0.2, 0) is 13.7 Å². The first kappa shape index (κ1) is 11.1. The number of nitriles is 1. The van der Waals surface area contributed by atoms with Crippen LogP contribution in [0.4, 0.5) is 4.39 Å². The molecule has 0 atom stereocenters. The number of benzene rings is 1. The molecule has 1 aromatic heterocycles. The SMILES string of the molecule is Cn1ncnc1COc1ccc(C#N)c(F)c1. The number of nitrogens with zero attached hydrogens (tertiary/aromatic N) is 4. The van der Waals surface area contributed by atoms with Crippen molar-refractivity contribution in [3.63, 3.8) is 0 Å². The van der Waals surface area contributed by atoms with E-state index in [9.17, 15) is 4.39 Å². The monoisotopic (exact) mass is 232 g/mol. The van der Waals surface area contributed by atoms with Crippen LogP contribution in [0.25, 0.3) is 0 Å². The van der Waals surface area contributed by atoms with Crippen molar-refractivity contribution in [3.8, 4) is 11.8 Å². The Morgan fingerprint density at radius 1 is 1.53 bits per heavy atom. The number of ether oxygens (including phenoxy) is 1. The van der Waals surface area contributed by atoms with Crippen molar-refractivity contribution in [2.45, 2.75) is 6.61 Å². The lowest BCUT2D eigenvalue weighted by Gasteiger charge is -2.05. The predicted molar refractivity (Wildman–Crippen MR) is 56.5 cm³/mol. The molecular weight excluding hydrogens is 223 g/mol. The van der Waals surface area contributed by atoms with Crippen molar-refractivity contribution in [2.75, 3.05) is 0 Å². The number of halogens is 1. The molecule has 0 unspecified atom stereocenters. The maximum atomic E-state index is 13.3. The third kappa shape index (κ3) is 2.39. The van der Waals surface area contributed by atoms with E-state index in [4.69, 9.17) is 10.00 Å². The lowest BCUT2D eigenvalue weighted by molar-refractivity contribution is 0.288. The van der Waals surface area contributed by atoms with Crippen molar-refractivity contribution < 1.29 is 9.13 Å². The van der Waals surface area contributed by atoms with Gasteiger partial charge in [0.25, 0.3) is 0 Å². The van der Waals surface area contributed by atoms with Crippen LogP contribution in [0.3, 0.4) is 0 Å². The van der Waals surface area contributed by atoms with E-state index in [1.54, 1.807) is 17.8 Å². The Kier molecular flexibility index (Phi) is 3.01. The van der Waals surface area contributed by atoms with E-state index in [2.05, 4.69) is 10.1 Å². The highest BCUT2D eigenvalue weighted by Gasteiger charge is 2.05. The summed E-state index contributed by atoms with van der Waals surface area (Å²) in [6.45, 7) is 0.196. The molecule has 0 saturated heterocycles. The number of aromatic nitrogens is 3. The van der Waals surface area contributed by atoms with Gasteiger partial charge in [-0.1, -0.05) is 0 Å². The lowest BCUT2D eigenvalue weighted by atomic mass is 10.2. The fourth-order valence-corrected chi connectivity index (χ4v) is 1.27. The summed E-state index contributed by atoms with van der Waals surface area (Å²) in [7, 11) is 1.74. The van der Waals surface area contributed by atoms with Crippen LogP contribution in [0.2, 0.25) is 0 Å². The summed E-state index contributed by atoms with van der Waals surface area (Å²) in [4.78, 5) is 3.97. The molecule has 0 spiro atoms. The van der Waals surface area contributed by atoms with Gasteiger partial charge in [-0.2, -0.15) is 10.4 Å². The third-order valence-electron chi connectivity index (χ3n) is 2.23. The van der Waals surface area contributed by atoms with Gasteiger partial charge < -0.3 is 4.74 Å². The van der Waals surface area contributed by atoms with Gasteiger partial charge in [-0.3, -0.25) is 4.68 Å². The molecule has 86 valence electrons. The molecule has 17 heavy (non-hydrogen) atoms. The highest BCUT2D eigenvalue weighted by molar-refractivity contribution is 5.36. The zero-order valence-electron chi connectivity index (χ0n) is 9.09. The van der Waals surface area contributed by atoms with Gasteiger partial charge in [0.05, 0.1) is 5.56 Å². The summed E-state index contributed by atoms with van der Waals surface area (Å²) in [5.74, 6) is 0.391. The first-order valence-electron chi connectivity index (χ1n) is 4.86. The largest absolute Gasteiger partial charge is 0.486 e. The van der Waals surface area contributed by atoms with Gasteiger partial charge in [0.15, 0.2) is 5.82 Å². The Morgan fingerprint density at radius 3 is 2.94 bits per heavy atom. The van der Waals surface area contributed by atoms with Crippen LogP contribution in [0.15, 0.2) is 24.5 Å². The molecule has 0 amide bonds. The van der Waals surface area contributed by atoms with Gasteiger partial charge in [-0.05, 0) is 12.1 Å². The second kappa shape index (κ2) is 4.61. The zero-order chi connectivity index (χ0) is 12.3. The maximum absolute atomic E-state index is 13.3. The first-order chi connectivity index (χ1) is 8.20. The molecule has 2 rings (SSSR count). The average Bonchev–Trinajstić information content (AvgIpc) is 2.72. The van der Waals surface area contributed by atoms with E-state index in [1.165, 1.54) is 24.5 Å². The molecule has 0 radical (unpaired) electrons. The molecule has 2 aromatic rings. The summed E-state index contributed by atoms with van der Waals surface area (Å²) in [6, 6.07) is 5.84. The fourth-order valence-electron chi connectivity index (χ4n) is 1.27. The van der Waals surface area contributed by atoms with Crippen molar-refractivity contribution in [3.05, 3.63) is 41.7 Å². The molecule has 0 bridgehead atoms. The Balaban J connectivity index is 2.08. The number of hydrogen-bond acceptors (Lipinski definition) is 4. The topological polar surface area (TPSA) is 63.7 Å². The van der Waals surface area contributed by atoms with E-state index in [0.29, 0.717) is 11.6 Å². The van der Waals surface area contributed by atoms with Crippen LogP contribution in [0.5, 0.6) is 5.75 Å². The highest BCUT2D eigenvalue weighted by atomic mass is 19.1. The molecule has 0 aliphatic rings. The number of hydrogen-bond donors (Lipinski definition) is 0. The third-order valence-corrected chi connectivity index (χ3v) is 2.23. The second-order valence-electron chi connectivity index (χ2n) is 3.34. The molecule has 0 fully saturated rings. The minimum Gasteiger partial charge on any atom is -0.486 e. The first-order valence-corrected chi connectivity index (χ1v) is 4.86. The van der Waals surface area contributed by atoms with E-state index in [1.807, 2.05) is 0 Å². The molecule has 6 heteroatoms. The summed E-state index contributed by atoms with van der Waals surface area (Å²) in [5, 5.41) is 12.5. The normalized spacial score (nSPS) is 9.94. The molecular formula is C11H9FN4O. The minimum atomic E-state index is -0.594. The van der Waals surface area contributed by atoms with Crippen LogP contribution in [0.1, 0.15) is 11.4 Å². The van der Waals surface area contributed by atoms with Crippen molar-refractivity contribution in [2.24, 2.45) is 7.05 Å². The van der Waals surface area contributed by atoms with Crippen molar-refractivity contribution in [1.82, 2.24) is 14.8 Å². The van der Waals surface area contributed by atoms with Gasteiger partial charge in [0.1, 0.15) is 30.6 Å². The van der Waals surface area contributed by atoms with Crippen LogP contribution < -0.4 is 4.74 Å². The Morgan fingerprint density at radius 2 is 2.35 bits per heavy atom. The number of rotatable bonds is 3. The smallest absolute Gasteiger partial charge is 0.164 e. The molecule has 0 saturated carbocycles. The molecule has 1 heterocycles. The van der Waals surface area contributed by atoms with Gasteiger partial charge in [0, 0.05) is 13.1 Å².